The molecule has 0 spiro atoms. The molecule has 1 aromatic rings. The van der Waals surface area contributed by atoms with Crippen LogP contribution in [0.1, 0.15) is 18.4 Å². The van der Waals surface area contributed by atoms with Gasteiger partial charge in [0.05, 0.1) is 23.7 Å². The topological polar surface area (TPSA) is 69.6 Å². The second-order valence-corrected chi connectivity index (χ2v) is 8.63. The van der Waals surface area contributed by atoms with Gasteiger partial charge >= 0.3 is 0 Å². The van der Waals surface area contributed by atoms with Gasteiger partial charge in [-0.05, 0) is 31.4 Å². The minimum absolute atomic E-state index is 0.0843. The van der Waals surface area contributed by atoms with E-state index < -0.39 is 15.9 Å². The molecule has 22 heavy (non-hydrogen) atoms. The third kappa shape index (κ3) is 3.45. The van der Waals surface area contributed by atoms with Crippen molar-refractivity contribution in [3.05, 3.63) is 29.8 Å². The Kier molecular flexibility index (Phi) is 4.43. The number of hydrogen-bond acceptors (Lipinski definition) is 5. The highest BCUT2D eigenvalue weighted by Gasteiger charge is 2.40. The summed E-state index contributed by atoms with van der Waals surface area (Å²) < 4.78 is 23.3. The first-order chi connectivity index (χ1) is 10.4. The van der Waals surface area contributed by atoms with Crippen molar-refractivity contribution in [2.45, 2.75) is 38.0 Å². The molecule has 0 aliphatic carbocycles. The van der Waals surface area contributed by atoms with E-state index >= 15 is 0 Å². The van der Waals surface area contributed by atoms with Gasteiger partial charge in [-0.1, -0.05) is 18.2 Å². The van der Waals surface area contributed by atoms with Crippen LogP contribution in [-0.4, -0.2) is 61.2 Å². The van der Waals surface area contributed by atoms with E-state index in [-0.39, 0.29) is 17.5 Å². The molecule has 2 saturated heterocycles. The number of aliphatic hydroxyl groups excluding tert-OH is 1. The van der Waals surface area contributed by atoms with Crippen molar-refractivity contribution in [1.29, 1.82) is 0 Å². The fraction of sp³-hybridized carbons (Fsp3) is 0.625. The summed E-state index contributed by atoms with van der Waals surface area (Å²) in [4.78, 5) is 2.14. The van der Waals surface area contributed by atoms with Gasteiger partial charge in [0, 0.05) is 24.8 Å². The van der Waals surface area contributed by atoms with Crippen LogP contribution in [-0.2, 0) is 9.84 Å². The molecular formula is C16H24N2O3S. The number of para-hydroxylation sites is 1. The molecule has 2 heterocycles. The Balaban J connectivity index is 1.56. The van der Waals surface area contributed by atoms with Gasteiger partial charge < -0.3 is 10.4 Å². The van der Waals surface area contributed by atoms with Crippen molar-refractivity contribution >= 4 is 15.5 Å². The molecule has 0 radical (unpaired) electrons. The van der Waals surface area contributed by atoms with Crippen LogP contribution >= 0.6 is 0 Å². The van der Waals surface area contributed by atoms with Crippen molar-refractivity contribution in [1.82, 2.24) is 4.90 Å². The zero-order valence-corrected chi connectivity index (χ0v) is 13.7. The molecule has 6 heteroatoms. The van der Waals surface area contributed by atoms with E-state index in [0.717, 1.165) is 25.9 Å². The standard InChI is InChI=1S/C16H24N2O3S/c1-12-4-2-3-5-14(12)17-13-6-8-18(9-7-13)15-10-22(20,21)11-16(15)19/h2-5,13,15-17,19H,6-11H2,1H3/t15-,16+/m1/s1. The van der Waals surface area contributed by atoms with E-state index in [2.05, 4.69) is 29.3 Å². The second-order valence-electron chi connectivity index (χ2n) is 6.48. The molecule has 0 saturated carbocycles. The summed E-state index contributed by atoms with van der Waals surface area (Å²) in [6.45, 7) is 3.76. The predicted octanol–water partition coefficient (Wildman–Crippen LogP) is 1.03. The van der Waals surface area contributed by atoms with Crippen molar-refractivity contribution < 1.29 is 13.5 Å². The molecule has 2 aliphatic rings. The summed E-state index contributed by atoms with van der Waals surface area (Å²) >= 11 is 0. The van der Waals surface area contributed by atoms with E-state index in [9.17, 15) is 13.5 Å². The summed E-state index contributed by atoms with van der Waals surface area (Å²) in [6.07, 6.45) is 1.21. The van der Waals surface area contributed by atoms with Crippen LogP contribution in [0.4, 0.5) is 5.69 Å². The monoisotopic (exact) mass is 324 g/mol. The van der Waals surface area contributed by atoms with Crippen LogP contribution in [0.5, 0.6) is 0 Å². The first-order valence-corrected chi connectivity index (χ1v) is 9.71. The first kappa shape index (κ1) is 15.8. The molecule has 5 nitrogen and oxygen atoms in total. The van der Waals surface area contributed by atoms with Crippen LogP contribution < -0.4 is 5.32 Å². The molecule has 2 fully saturated rings. The average Bonchev–Trinajstić information content (AvgIpc) is 2.75. The first-order valence-electron chi connectivity index (χ1n) is 7.89. The highest BCUT2D eigenvalue weighted by atomic mass is 32.2. The lowest BCUT2D eigenvalue weighted by Gasteiger charge is -2.37. The number of rotatable bonds is 3. The Morgan fingerprint density at radius 2 is 1.86 bits per heavy atom. The zero-order valence-electron chi connectivity index (χ0n) is 12.9. The van der Waals surface area contributed by atoms with Gasteiger partial charge in [0.25, 0.3) is 0 Å². The number of anilines is 1. The maximum Gasteiger partial charge on any atom is 0.154 e. The Hall–Kier alpha value is -1.11. The lowest BCUT2D eigenvalue weighted by Crippen LogP contribution is -2.49. The number of aryl methyl sites for hydroxylation is 1. The number of sulfone groups is 1. The van der Waals surface area contributed by atoms with Crippen LogP contribution in [0.2, 0.25) is 0 Å². The SMILES string of the molecule is Cc1ccccc1NC1CCN([C@@H]2CS(=O)(=O)C[C@@H]2O)CC1. The largest absolute Gasteiger partial charge is 0.390 e. The number of nitrogens with one attached hydrogen (secondary N) is 1. The smallest absolute Gasteiger partial charge is 0.154 e. The number of hydrogen-bond donors (Lipinski definition) is 2. The quantitative estimate of drug-likeness (QED) is 0.869. The van der Waals surface area contributed by atoms with Gasteiger partial charge in [0.2, 0.25) is 0 Å². The Bertz CT molecular complexity index is 624. The summed E-state index contributed by atoms with van der Waals surface area (Å²) in [5.74, 6) is 0.0170. The Labute approximate surface area is 132 Å². The molecule has 2 atom stereocenters. The van der Waals surface area contributed by atoms with Gasteiger partial charge in [0.15, 0.2) is 9.84 Å². The summed E-state index contributed by atoms with van der Waals surface area (Å²) in [6, 6.07) is 8.44. The third-order valence-corrected chi connectivity index (χ3v) is 6.50. The maximum absolute atomic E-state index is 11.6. The normalized spacial score (nSPS) is 29.5. The molecule has 0 bridgehead atoms. The van der Waals surface area contributed by atoms with Crippen LogP contribution in [0.15, 0.2) is 24.3 Å². The molecule has 1 aromatic carbocycles. The highest BCUT2D eigenvalue weighted by molar-refractivity contribution is 7.91. The van der Waals surface area contributed by atoms with Crippen LogP contribution in [0.3, 0.4) is 0 Å². The minimum atomic E-state index is -3.07. The van der Waals surface area contributed by atoms with E-state index in [1.807, 2.05) is 12.1 Å². The van der Waals surface area contributed by atoms with Crippen molar-refractivity contribution in [2.24, 2.45) is 0 Å². The molecule has 3 rings (SSSR count). The van der Waals surface area contributed by atoms with Gasteiger partial charge in [-0.2, -0.15) is 0 Å². The predicted molar refractivity (Wildman–Crippen MR) is 87.8 cm³/mol. The molecule has 122 valence electrons. The number of likely N-dealkylation sites (tertiary alicyclic amines) is 1. The lowest BCUT2D eigenvalue weighted by atomic mass is 10.0. The van der Waals surface area contributed by atoms with Crippen molar-refractivity contribution in [2.75, 3.05) is 29.9 Å². The molecule has 2 N–H and O–H groups in total. The van der Waals surface area contributed by atoms with E-state index in [1.165, 1.54) is 11.3 Å². The fourth-order valence-electron chi connectivity index (χ4n) is 3.49. The number of benzene rings is 1. The number of aliphatic hydroxyl groups is 1. The van der Waals surface area contributed by atoms with E-state index in [4.69, 9.17) is 0 Å². The van der Waals surface area contributed by atoms with Crippen LogP contribution in [0.25, 0.3) is 0 Å². The number of nitrogens with zero attached hydrogens (tertiary/aromatic N) is 1. The summed E-state index contributed by atoms with van der Waals surface area (Å²) in [5.41, 5.74) is 2.41. The number of piperidine rings is 1. The van der Waals surface area contributed by atoms with Gasteiger partial charge in [-0.15, -0.1) is 0 Å². The second kappa shape index (κ2) is 6.18. The lowest BCUT2D eigenvalue weighted by molar-refractivity contribution is 0.0683. The maximum atomic E-state index is 11.6. The van der Waals surface area contributed by atoms with Gasteiger partial charge in [-0.25, -0.2) is 8.42 Å². The molecule has 0 aromatic heterocycles. The molecular weight excluding hydrogens is 300 g/mol. The molecule has 2 aliphatic heterocycles. The average molecular weight is 324 g/mol. The molecule has 0 unspecified atom stereocenters. The van der Waals surface area contributed by atoms with Gasteiger partial charge in [-0.3, -0.25) is 4.90 Å². The molecule has 0 amide bonds. The van der Waals surface area contributed by atoms with Crippen molar-refractivity contribution in [3.8, 4) is 0 Å². The third-order valence-electron chi connectivity index (χ3n) is 4.80. The summed E-state index contributed by atoms with van der Waals surface area (Å²) in [5, 5.41) is 13.6. The summed E-state index contributed by atoms with van der Waals surface area (Å²) in [7, 11) is -3.07. The highest BCUT2D eigenvalue weighted by Crippen LogP contribution is 2.24. The minimum Gasteiger partial charge on any atom is -0.390 e. The van der Waals surface area contributed by atoms with Crippen molar-refractivity contribution in [3.63, 3.8) is 0 Å². The zero-order chi connectivity index (χ0) is 15.7. The Morgan fingerprint density at radius 1 is 1.18 bits per heavy atom. The Morgan fingerprint density at radius 3 is 2.45 bits per heavy atom. The van der Waals surface area contributed by atoms with E-state index in [1.54, 1.807) is 0 Å². The fourth-order valence-corrected chi connectivity index (χ4v) is 5.32. The van der Waals surface area contributed by atoms with E-state index in [0.29, 0.717) is 6.04 Å². The van der Waals surface area contributed by atoms with Crippen LogP contribution in [0, 0.1) is 6.92 Å². The van der Waals surface area contributed by atoms with Gasteiger partial charge in [0.1, 0.15) is 0 Å².